The molecule has 8 nitrogen and oxygen atoms in total. The molecule has 0 aliphatic rings. The van der Waals surface area contributed by atoms with Crippen LogP contribution in [0.2, 0.25) is 0 Å². The van der Waals surface area contributed by atoms with Crippen molar-refractivity contribution >= 4 is 17.9 Å². The number of nitrogens with two attached hydrogens (primary N) is 1. The molecule has 0 radical (unpaired) electrons. The summed E-state index contributed by atoms with van der Waals surface area (Å²) in [5.74, 6) is 3.07. The minimum absolute atomic E-state index is 0.136. The number of carbonyl (C=O) groups is 2. The Morgan fingerprint density at radius 3 is 1.82 bits per heavy atom. The van der Waals surface area contributed by atoms with Gasteiger partial charge < -0.3 is 9.47 Å². The summed E-state index contributed by atoms with van der Waals surface area (Å²) >= 11 is 0. The van der Waals surface area contributed by atoms with E-state index in [0.29, 0.717) is 0 Å². The van der Waals surface area contributed by atoms with E-state index in [1.165, 1.54) is 26.2 Å². The third-order valence-corrected chi connectivity index (χ3v) is 2.59. The van der Waals surface area contributed by atoms with E-state index in [-0.39, 0.29) is 5.69 Å². The molecular weight excluding hydrogens is 374 g/mol. The summed E-state index contributed by atoms with van der Waals surface area (Å²) in [7, 11) is 2.80. The second-order valence-electron chi connectivity index (χ2n) is 7.84. The van der Waals surface area contributed by atoms with Crippen molar-refractivity contribution in [3.8, 4) is 0 Å². The Kier molecular flexibility index (Phi) is 9.13. The highest BCUT2D eigenvalue weighted by Crippen LogP contribution is 2.17. The first kappa shape index (κ1) is 25.4. The zero-order valence-corrected chi connectivity index (χ0v) is 17.6. The summed E-state index contributed by atoms with van der Waals surface area (Å²) < 4.78 is 36.2. The van der Waals surface area contributed by atoms with Crippen molar-refractivity contribution in [3.05, 3.63) is 29.8 Å². The van der Waals surface area contributed by atoms with Gasteiger partial charge in [-0.2, -0.15) is 0 Å². The summed E-state index contributed by atoms with van der Waals surface area (Å²) in [6, 6.07) is 3.65. The topological polar surface area (TPSA) is 97.1 Å². The van der Waals surface area contributed by atoms with Crippen molar-refractivity contribution in [2.24, 2.45) is 5.84 Å². The van der Waals surface area contributed by atoms with Crippen LogP contribution in [0.5, 0.6) is 0 Å². The molecule has 2 amide bonds. The molecule has 0 fully saturated rings. The van der Waals surface area contributed by atoms with E-state index in [4.69, 9.17) is 15.3 Å². The maximum Gasteiger partial charge on any atom is 0.428 e. The van der Waals surface area contributed by atoms with Crippen LogP contribution in [0.3, 0.4) is 0 Å². The molecule has 0 aliphatic carbocycles. The van der Waals surface area contributed by atoms with Crippen LogP contribution in [0.25, 0.3) is 0 Å². The molecule has 10 heteroatoms. The standard InChI is InChI=1S/C12H16F2N2O2.C6H14N2O2/c1-12(2,3)18-11(17)16(4)15-9-7-5-6-8(13)10(9)14;1-6(2,3)10-5(9)8(4)7/h5-7,15H,1-4H3;7H2,1-4H3. The van der Waals surface area contributed by atoms with Crippen LogP contribution in [0.15, 0.2) is 18.2 Å². The van der Waals surface area contributed by atoms with E-state index in [9.17, 15) is 18.4 Å². The fourth-order valence-electron chi connectivity index (χ4n) is 1.48. The Balaban J connectivity index is 0.000000621. The van der Waals surface area contributed by atoms with Gasteiger partial charge in [-0.15, -0.1) is 0 Å². The molecule has 0 spiro atoms. The number of nitrogens with one attached hydrogen (secondary N) is 1. The number of hydrogen-bond donors (Lipinski definition) is 2. The zero-order chi connectivity index (χ0) is 22.3. The normalized spacial score (nSPS) is 11.0. The van der Waals surface area contributed by atoms with Gasteiger partial charge in [0.05, 0.1) is 5.69 Å². The molecule has 0 atom stereocenters. The summed E-state index contributed by atoms with van der Waals surface area (Å²) in [5.41, 5.74) is 1.15. The number of carbonyl (C=O) groups excluding carboxylic acids is 2. The molecule has 0 aromatic heterocycles. The number of hydrazine groups is 2. The van der Waals surface area contributed by atoms with Gasteiger partial charge in [-0.25, -0.2) is 34.2 Å². The Morgan fingerprint density at radius 2 is 1.43 bits per heavy atom. The lowest BCUT2D eigenvalue weighted by Crippen LogP contribution is -2.38. The first-order chi connectivity index (χ1) is 12.5. The molecule has 0 saturated heterocycles. The van der Waals surface area contributed by atoms with E-state index >= 15 is 0 Å². The number of halogens is 2. The molecule has 1 aromatic carbocycles. The molecule has 160 valence electrons. The summed E-state index contributed by atoms with van der Waals surface area (Å²) in [4.78, 5) is 22.3. The molecule has 1 rings (SSSR count). The Bertz CT molecular complexity index is 671. The first-order valence-corrected chi connectivity index (χ1v) is 8.42. The van der Waals surface area contributed by atoms with E-state index in [1.807, 2.05) is 0 Å². The maximum absolute atomic E-state index is 13.3. The molecule has 28 heavy (non-hydrogen) atoms. The third-order valence-electron chi connectivity index (χ3n) is 2.59. The Labute approximate surface area is 164 Å². The first-order valence-electron chi connectivity index (χ1n) is 8.42. The summed E-state index contributed by atoms with van der Waals surface area (Å²) in [6.45, 7) is 10.5. The van der Waals surface area contributed by atoms with E-state index < -0.39 is 35.0 Å². The monoisotopic (exact) mass is 404 g/mol. The van der Waals surface area contributed by atoms with Crippen LogP contribution in [0.1, 0.15) is 41.5 Å². The minimum atomic E-state index is -1.05. The van der Waals surface area contributed by atoms with Crippen LogP contribution in [-0.4, -0.2) is 47.5 Å². The number of rotatable bonds is 2. The van der Waals surface area contributed by atoms with E-state index in [0.717, 1.165) is 16.1 Å². The molecule has 0 saturated carbocycles. The Morgan fingerprint density at radius 1 is 0.964 bits per heavy atom. The fraction of sp³-hybridized carbons (Fsp3) is 0.556. The SMILES string of the molecule is CN(N)C(=O)OC(C)(C)C.CN(Nc1cccc(F)c1F)C(=O)OC(C)(C)C. The number of benzene rings is 1. The molecule has 0 heterocycles. The lowest BCUT2D eigenvalue weighted by atomic mass is 10.2. The van der Waals surface area contributed by atoms with Crippen LogP contribution in [0, 0.1) is 11.6 Å². The smallest absolute Gasteiger partial charge is 0.428 e. The molecule has 0 unspecified atom stereocenters. The summed E-state index contributed by atoms with van der Waals surface area (Å²) in [5, 5.41) is 1.86. The third kappa shape index (κ3) is 10.5. The lowest BCUT2D eigenvalue weighted by Gasteiger charge is -2.25. The quantitative estimate of drug-likeness (QED) is 0.441. The highest BCUT2D eigenvalue weighted by molar-refractivity contribution is 5.70. The van der Waals surface area contributed by atoms with Crippen LogP contribution in [-0.2, 0) is 9.47 Å². The summed E-state index contributed by atoms with van der Waals surface area (Å²) in [6.07, 6.45) is -1.21. The maximum atomic E-state index is 13.3. The minimum Gasteiger partial charge on any atom is -0.443 e. The van der Waals surface area contributed by atoms with Crippen molar-refractivity contribution in [1.82, 2.24) is 10.0 Å². The molecule has 0 bridgehead atoms. The Hall–Kier alpha value is -2.62. The number of hydrogen-bond acceptors (Lipinski definition) is 6. The number of anilines is 1. The fourth-order valence-corrected chi connectivity index (χ4v) is 1.48. The van der Waals surface area contributed by atoms with Crippen molar-refractivity contribution in [1.29, 1.82) is 0 Å². The van der Waals surface area contributed by atoms with Gasteiger partial charge in [-0.05, 0) is 53.7 Å². The van der Waals surface area contributed by atoms with Gasteiger partial charge in [0.15, 0.2) is 11.6 Å². The van der Waals surface area contributed by atoms with Gasteiger partial charge in [-0.3, -0.25) is 5.43 Å². The molecule has 3 N–H and O–H groups in total. The van der Waals surface area contributed by atoms with Gasteiger partial charge >= 0.3 is 12.2 Å². The predicted molar refractivity (Wildman–Crippen MR) is 102 cm³/mol. The van der Waals surface area contributed by atoms with Crippen molar-refractivity contribution < 1.29 is 27.8 Å². The average molecular weight is 404 g/mol. The van der Waals surface area contributed by atoms with Crippen molar-refractivity contribution in [2.75, 3.05) is 19.5 Å². The highest BCUT2D eigenvalue weighted by Gasteiger charge is 2.20. The van der Waals surface area contributed by atoms with Gasteiger partial charge in [0.1, 0.15) is 11.2 Å². The van der Waals surface area contributed by atoms with Crippen molar-refractivity contribution in [2.45, 2.75) is 52.7 Å². The largest absolute Gasteiger partial charge is 0.443 e. The van der Waals surface area contributed by atoms with Crippen molar-refractivity contribution in [3.63, 3.8) is 0 Å². The number of ether oxygens (including phenoxy) is 2. The second-order valence-corrected chi connectivity index (χ2v) is 7.84. The zero-order valence-electron chi connectivity index (χ0n) is 17.6. The number of amides is 2. The number of nitrogens with zero attached hydrogens (tertiary/aromatic N) is 2. The lowest BCUT2D eigenvalue weighted by molar-refractivity contribution is 0.0295. The molecule has 1 aromatic rings. The van der Waals surface area contributed by atoms with Crippen LogP contribution in [0.4, 0.5) is 24.1 Å². The van der Waals surface area contributed by atoms with E-state index in [2.05, 4.69) is 5.43 Å². The van der Waals surface area contributed by atoms with Gasteiger partial charge in [0.2, 0.25) is 0 Å². The molecule has 0 aliphatic heterocycles. The average Bonchev–Trinajstić information content (AvgIpc) is 2.49. The van der Waals surface area contributed by atoms with Crippen LogP contribution < -0.4 is 11.3 Å². The van der Waals surface area contributed by atoms with Gasteiger partial charge in [-0.1, -0.05) is 6.07 Å². The highest BCUT2D eigenvalue weighted by atomic mass is 19.2. The molecular formula is C18H30F2N4O4. The predicted octanol–water partition coefficient (Wildman–Crippen LogP) is 3.89. The van der Waals surface area contributed by atoms with Gasteiger partial charge in [0.25, 0.3) is 0 Å². The second kappa shape index (κ2) is 10.1. The van der Waals surface area contributed by atoms with Gasteiger partial charge in [0, 0.05) is 14.1 Å². The van der Waals surface area contributed by atoms with Crippen LogP contribution >= 0.6 is 0 Å². The van der Waals surface area contributed by atoms with E-state index in [1.54, 1.807) is 41.5 Å².